The first-order chi connectivity index (χ1) is 6.96. The summed E-state index contributed by atoms with van der Waals surface area (Å²) in [5.41, 5.74) is -0.865. The largest absolute Gasteiger partial charge is 0.354 e. The molecule has 0 saturated heterocycles. The van der Waals surface area contributed by atoms with Crippen LogP contribution in [0.3, 0.4) is 0 Å². The molecule has 0 spiro atoms. The highest BCUT2D eigenvalue weighted by Crippen LogP contribution is 2.44. The number of nitriles is 1. The number of carbonyl (C=O) groups excluding carboxylic acids is 1. The molecule has 1 amide bonds. The number of hydrogen-bond donors (Lipinski definition) is 1. The summed E-state index contributed by atoms with van der Waals surface area (Å²) >= 11 is 0. The van der Waals surface area contributed by atoms with Crippen molar-refractivity contribution in [1.82, 2.24) is 5.32 Å². The zero-order valence-corrected chi connectivity index (χ0v) is 9.43. The number of nitrogens with zero attached hydrogens (tertiary/aromatic N) is 1. The van der Waals surface area contributed by atoms with E-state index in [1.54, 1.807) is 6.92 Å². The lowest BCUT2D eigenvalue weighted by atomic mass is 10.1. The zero-order chi connectivity index (χ0) is 11.5. The topological polar surface area (TPSA) is 87.0 Å². The third-order valence-corrected chi connectivity index (χ3v) is 4.24. The van der Waals surface area contributed by atoms with Crippen LogP contribution in [0.4, 0.5) is 0 Å². The number of amides is 1. The van der Waals surface area contributed by atoms with E-state index >= 15 is 0 Å². The van der Waals surface area contributed by atoms with Crippen LogP contribution in [0, 0.1) is 16.7 Å². The van der Waals surface area contributed by atoms with Gasteiger partial charge in [0.1, 0.15) is 5.41 Å². The van der Waals surface area contributed by atoms with Crippen molar-refractivity contribution in [2.45, 2.75) is 19.8 Å². The molecule has 5 nitrogen and oxygen atoms in total. The van der Waals surface area contributed by atoms with Gasteiger partial charge in [-0.25, -0.2) is 8.42 Å². The molecule has 0 radical (unpaired) electrons. The van der Waals surface area contributed by atoms with E-state index in [2.05, 4.69) is 5.32 Å². The van der Waals surface area contributed by atoms with Crippen LogP contribution in [0.25, 0.3) is 0 Å². The van der Waals surface area contributed by atoms with Crippen LogP contribution in [0.2, 0.25) is 0 Å². The molecule has 0 aromatic rings. The number of hydrogen-bond acceptors (Lipinski definition) is 4. The van der Waals surface area contributed by atoms with E-state index in [1.807, 2.05) is 6.07 Å². The number of rotatable bonds is 5. The van der Waals surface area contributed by atoms with E-state index in [1.165, 1.54) is 0 Å². The molecule has 84 valence electrons. The highest BCUT2D eigenvalue weighted by Gasteiger charge is 2.50. The molecule has 0 heterocycles. The Morgan fingerprint density at radius 2 is 2.13 bits per heavy atom. The van der Waals surface area contributed by atoms with E-state index in [0.29, 0.717) is 12.8 Å². The minimum atomic E-state index is -3.04. The summed E-state index contributed by atoms with van der Waals surface area (Å²) in [6.45, 7) is 1.66. The third-order valence-electron chi connectivity index (χ3n) is 2.54. The van der Waals surface area contributed by atoms with Crippen LogP contribution >= 0.6 is 0 Å². The Morgan fingerprint density at radius 1 is 1.53 bits per heavy atom. The fourth-order valence-electron chi connectivity index (χ4n) is 1.15. The Kier molecular flexibility index (Phi) is 3.35. The van der Waals surface area contributed by atoms with Gasteiger partial charge >= 0.3 is 0 Å². The van der Waals surface area contributed by atoms with Crippen LogP contribution in [-0.4, -0.2) is 32.4 Å². The molecule has 0 atom stereocenters. The van der Waals surface area contributed by atoms with E-state index in [-0.39, 0.29) is 24.0 Å². The molecule has 1 aliphatic rings. The second-order valence-corrected chi connectivity index (χ2v) is 6.16. The van der Waals surface area contributed by atoms with Gasteiger partial charge in [0.25, 0.3) is 0 Å². The highest BCUT2D eigenvalue weighted by molar-refractivity contribution is 7.91. The summed E-state index contributed by atoms with van der Waals surface area (Å²) in [7, 11) is -3.04. The Balaban J connectivity index is 2.34. The van der Waals surface area contributed by atoms with Gasteiger partial charge in [0, 0.05) is 12.3 Å². The van der Waals surface area contributed by atoms with E-state index in [9.17, 15) is 13.2 Å². The molecule has 0 aromatic heterocycles. The van der Waals surface area contributed by atoms with Gasteiger partial charge in [-0.1, -0.05) is 6.92 Å². The lowest BCUT2D eigenvalue weighted by Gasteiger charge is -2.07. The van der Waals surface area contributed by atoms with Crippen molar-refractivity contribution >= 4 is 15.7 Å². The van der Waals surface area contributed by atoms with E-state index in [4.69, 9.17) is 5.26 Å². The molecular weight excluding hydrogens is 216 g/mol. The molecule has 0 bridgehead atoms. The van der Waals surface area contributed by atoms with Crippen molar-refractivity contribution in [2.75, 3.05) is 18.1 Å². The zero-order valence-electron chi connectivity index (χ0n) is 8.62. The van der Waals surface area contributed by atoms with Gasteiger partial charge in [-0.15, -0.1) is 0 Å². The molecule has 0 aliphatic heterocycles. The first-order valence-corrected chi connectivity index (χ1v) is 6.68. The van der Waals surface area contributed by atoms with Gasteiger partial charge in [0.2, 0.25) is 5.91 Å². The predicted molar refractivity (Wildman–Crippen MR) is 54.6 cm³/mol. The van der Waals surface area contributed by atoms with Crippen molar-refractivity contribution in [1.29, 1.82) is 5.26 Å². The van der Waals surface area contributed by atoms with Crippen molar-refractivity contribution in [3.63, 3.8) is 0 Å². The van der Waals surface area contributed by atoms with Gasteiger partial charge in [0.15, 0.2) is 9.84 Å². The highest BCUT2D eigenvalue weighted by atomic mass is 32.2. The van der Waals surface area contributed by atoms with Crippen molar-refractivity contribution in [3.8, 4) is 6.07 Å². The lowest BCUT2D eigenvalue weighted by Crippen LogP contribution is -2.34. The minimum Gasteiger partial charge on any atom is -0.354 e. The number of nitrogens with one attached hydrogen (secondary N) is 1. The Hall–Kier alpha value is -1.09. The molecule has 0 aromatic carbocycles. The van der Waals surface area contributed by atoms with Crippen molar-refractivity contribution < 1.29 is 13.2 Å². The van der Waals surface area contributed by atoms with Crippen molar-refractivity contribution in [2.24, 2.45) is 5.41 Å². The van der Waals surface area contributed by atoms with E-state index < -0.39 is 15.3 Å². The maximum Gasteiger partial charge on any atom is 0.240 e. The van der Waals surface area contributed by atoms with Gasteiger partial charge < -0.3 is 5.32 Å². The minimum absolute atomic E-state index is 0.0588. The maximum absolute atomic E-state index is 11.4. The molecule has 1 fully saturated rings. The van der Waals surface area contributed by atoms with Crippen LogP contribution in [0.15, 0.2) is 0 Å². The van der Waals surface area contributed by atoms with E-state index in [0.717, 1.165) is 0 Å². The van der Waals surface area contributed by atoms with Gasteiger partial charge in [-0.2, -0.15) is 5.26 Å². The SMILES string of the molecule is CCS(=O)(=O)CCNC(=O)C1(C#N)CC1. The monoisotopic (exact) mass is 230 g/mol. The van der Waals surface area contributed by atoms with Crippen LogP contribution in [-0.2, 0) is 14.6 Å². The summed E-state index contributed by atoms with van der Waals surface area (Å²) in [5, 5.41) is 11.2. The molecule has 1 saturated carbocycles. The molecule has 6 heteroatoms. The molecule has 1 N–H and O–H groups in total. The Morgan fingerprint density at radius 3 is 2.53 bits per heavy atom. The van der Waals surface area contributed by atoms with Gasteiger partial charge in [-0.3, -0.25) is 4.79 Å². The smallest absolute Gasteiger partial charge is 0.240 e. The Bertz CT molecular complexity index is 390. The fraction of sp³-hybridized carbons (Fsp3) is 0.778. The third kappa shape index (κ3) is 2.93. The van der Waals surface area contributed by atoms with Crippen LogP contribution in [0.5, 0.6) is 0 Å². The summed E-state index contributed by atoms with van der Waals surface area (Å²) in [6, 6.07) is 1.95. The summed E-state index contributed by atoms with van der Waals surface area (Å²) in [5.74, 6) is -0.320. The fourth-order valence-corrected chi connectivity index (χ4v) is 1.85. The second-order valence-electron chi connectivity index (χ2n) is 3.69. The summed E-state index contributed by atoms with van der Waals surface area (Å²) < 4.78 is 22.2. The van der Waals surface area contributed by atoms with Crippen molar-refractivity contribution in [3.05, 3.63) is 0 Å². The molecule has 1 aliphatic carbocycles. The maximum atomic E-state index is 11.4. The summed E-state index contributed by atoms with van der Waals surface area (Å²) in [6.07, 6.45) is 1.16. The Labute approximate surface area is 89.4 Å². The van der Waals surface area contributed by atoms with Crippen LogP contribution in [0.1, 0.15) is 19.8 Å². The molecular formula is C9H14N2O3S. The standard InChI is InChI=1S/C9H14N2O3S/c1-2-15(13,14)6-5-11-8(12)9(7-10)3-4-9/h2-6H2,1H3,(H,11,12). The second kappa shape index (κ2) is 4.19. The quantitative estimate of drug-likeness (QED) is 0.711. The first kappa shape index (κ1) is 12.0. The molecule has 0 unspecified atom stereocenters. The number of carbonyl (C=O) groups is 1. The lowest BCUT2D eigenvalue weighted by molar-refractivity contribution is -0.124. The molecule has 15 heavy (non-hydrogen) atoms. The summed E-state index contributed by atoms with van der Waals surface area (Å²) in [4.78, 5) is 11.4. The van der Waals surface area contributed by atoms with Crippen LogP contribution < -0.4 is 5.32 Å². The first-order valence-electron chi connectivity index (χ1n) is 4.86. The number of sulfone groups is 1. The van der Waals surface area contributed by atoms with Gasteiger partial charge in [0.05, 0.1) is 11.8 Å². The normalized spacial score (nSPS) is 17.9. The average Bonchev–Trinajstić information content (AvgIpc) is 2.98. The average molecular weight is 230 g/mol. The molecule has 1 rings (SSSR count). The predicted octanol–water partition coefficient (Wildman–Crippen LogP) is -0.159. The van der Waals surface area contributed by atoms with Gasteiger partial charge in [-0.05, 0) is 12.8 Å².